The molecule has 4 aromatic rings. The molecule has 128 valence electrons. The second kappa shape index (κ2) is 7.28. The van der Waals surface area contributed by atoms with Crippen LogP contribution in [0.3, 0.4) is 0 Å². The number of hydrogen-bond donors (Lipinski definition) is 1. The van der Waals surface area contributed by atoms with Crippen LogP contribution in [0.15, 0.2) is 91.0 Å². The van der Waals surface area contributed by atoms with Gasteiger partial charge in [-0.1, -0.05) is 91.0 Å². The molecule has 4 rings (SSSR count). The molecule has 0 unspecified atom stereocenters. The molecule has 1 aromatic heterocycles. The molecule has 3 heteroatoms. The van der Waals surface area contributed by atoms with E-state index in [1.54, 1.807) is 0 Å². The SMILES string of the molecule is Nc1nc(-c2ccccc2)c(Cc2ccccc2)n1Cc1ccccc1. The van der Waals surface area contributed by atoms with Gasteiger partial charge in [-0.25, -0.2) is 4.98 Å². The molecule has 0 spiro atoms. The minimum atomic E-state index is 0.554. The number of nitrogen functional groups attached to an aromatic ring is 1. The van der Waals surface area contributed by atoms with Crippen molar-refractivity contribution in [2.24, 2.45) is 0 Å². The predicted octanol–water partition coefficient (Wildman–Crippen LogP) is 4.77. The molecule has 0 saturated heterocycles. The summed E-state index contributed by atoms with van der Waals surface area (Å²) in [7, 11) is 0. The minimum Gasteiger partial charge on any atom is -0.369 e. The van der Waals surface area contributed by atoms with Crippen LogP contribution in [0.1, 0.15) is 16.8 Å². The highest BCUT2D eigenvalue weighted by molar-refractivity contribution is 5.65. The molecule has 0 fully saturated rings. The topological polar surface area (TPSA) is 43.8 Å². The molecule has 2 N–H and O–H groups in total. The smallest absolute Gasteiger partial charge is 0.201 e. The van der Waals surface area contributed by atoms with Gasteiger partial charge in [0.05, 0.1) is 17.9 Å². The lowest BCUT2D eigenvalue weighted by Gasteiger charge is -2.12. The fraction of sp³-hybridized carbons (Fsp3) is 0.0870. The molecule has 0 aliphatic heterocycles. The van der Waals surface area contributed by atoms with Gasteiger partial charge in [-0.2, -0.15) is 0 Å². The Bertz CT molecular complexity index is 974. The van der Waals surface area contributed by atoms with E-state index in [0.29, 0.717) is 12.5 Å². The van der Waals surface area contributed by atoms with Crippen LogP contribution < -0.4 is 5.73 Å². The quantitative estimate of drug-likeness (QED) is 0.569. The van der Waals surface area contributed by atoms with Gasteiger partial charge < -0.3 is 10.3 Å². The Kier molecular flexibility index (Phi) is 4.52. The van der Waals surface area contributed by atoms with Gasteiger partial charge in [0.25, 0.3) is 0 Å². The van der Waals surface area contributed by atoms with Crippen molar-refractivity contribution in [3.8, 4) is 11.3 Å². The minimum absolute atomic E-state index is 0.554. The van der Waals surface area contributed by atoms with Crippen molar-refractivity contribution in [1.29, 1.82) is 0 Å². The van der Waals surface area contributed by atoms with Gasteiger partial charge in [0.1, 0.15) is 0 Å². The van der Waals surface area contributed by atoms with Gasteiger partial charge in [-0.15, -0.1) is 0 Å². The average molecular weight is 339 g/mol. The van der Waals surface area contributed by atoms with Gasteiger partial charge in [-0.05, 0) is 11.1 Å². The lowest BCUT2D eigenvalue weighted by atomic mass is 10.0. The van der Waals surface area contributed by atoms with Gasteiger partial charge in [0.15, 0.2) is 0 Å². The summed E-state index contributed by atoms with van der Waals surface area (Å²) in [6.45, 7) is 0.717. The van der Waals surface area contributed by atoms with Crippen molar-refractivity contribution in [2.75, 3.05) is 5.73 Å². The summed E-state index contributed by atoms with van der Waals surface area (Å²) in [4.78, 5) is 4.71. The van der Waals surface area contributed by atoms with Crippen LogP contribution in [-0.2, 0) is 13.0 Å². The number of nitrogens with zero attached hydrogens (tertiary/aromatic N) is 2. The van der Waals surface area contributed by atoms with Crippen molar-refractivity contribution < 1.29 is 0 Å². The van der Waals surface area contributed by atoms with E-state index in [1.807, 2.05) is 30.3 Å². The third-order valence-electron chi connectivity index (χ3n) is 4.55. The Balaban J connectivity index is 1.81. The maximum Gasteiger partial charge on any atom is 0.201 e. The summed E-state index contributed by atoms with van der Waals surface area (Å²) in [5, 5.41) is 0. The van der Waals surface area contributed by atoms with E-state index in [1.165, 1.54) is 11.1 Å². The Morgan fingerprint density at radius 2 is 1.23 bits per heavy atom. The van der Waals surface area contributed by atoms with Crippen molar-refractivity contribution in [3.05, 3.63) is 108 Å². The number of nitrogens with two attached hydrogens (primary N) is 1. The zero-order valence-corrected chi connectivity index (χ0v) is 14.5. The lowest BCUT2D eigenvalue weighted by Crippen LogP contribution is -2.09. The van der Waals surface area contributed by atoms with Crippen molar-refractivity contribution in [1.82, 2.24) is 9.55 Å². The molecule has 0 saturated carbocycles. The highest BCUT2D eigenvalue weighted by Crippen LogP contribution is 2.28. The van der Waals surface area contributed by atoms with Gasteiger partial charge in [0, 0.05) is 12.0 Å². The maximum absolute atomic E-state index is 6.33. The lowest BCUT2D eigenvalue weighted by molar-refractivity contribution is 0.766. The largest absolute Gasteiger partial charge is 0.369 e. The first-order chi connectivity index (χ1) is 12.8. The van der Waals surface area contributed by atoms with Crippen LogP contribution in [0, 0.1) is 0 Å². The van der Waals surface area contributed by atoms with E-state index in [9.17, 15) is 0 Å². The average Bonchev–Trinajstić information content (AvgIpc) is 3.00. The van der Waals surface area contributed by atoms with E-state index in [0.717, 1.165) is 23.4 Å². The molecule has 26 heavy (non-hydrogen) atoms. The van der Waals surface area contributed by atoms with Crippen LogP contribution in [0.5, 0.6) is 0 Å². The molecular formula is C23H21N3. The first kappa shape index (κ1) is 16.2. The molecular weight excluding hydrogens is 318 g/mol. The monoisotopic (exact) mass is 339 g/mol. The number of imidazole rings is 1. The first-order valence-electron chi connectivity index (χ1n) is 8.79. The van der Waals surface area contributed by atoms with E-state index in [4.69, 9.17) is 10.7 Å². The third-order valence-corrected chi connectivity index (χ3v) is 4.55. The molecule has 0 radical (unpaired) electrons. The van der Waals surface area contributed by atoms with Crippen LogP contribution >= 0.6 is 0 Å². The molecule has 3 aromatic carbocycles. The number of anilines is 1. The molecule has 0 amide bonds. The molecule has 3 nitrogen and oxygen atoms in total. The fourth-order valence-electron chi connectivity index (χ4n) is 3.24. The maximum atomic E-state index is 6.33. The molecule has 0 aliphatic carbocycles. The van der Waals surface area contributed by atoms with E-state index < -0.39 is 0 Å². The summed E-state index contributed by atoms with van der Waals surface area (Å²) < 4.78 is 2.13. The summed E-state index contributed by atoms with van der Waals surface area (Å²) >= 11 is 0. The van der Waals surface area contributed by atoms with Crippen LogP contribution in [0.2, 0.25) is 0 Å². The highest BCUT2D eigenvalue weighted by atomic mass is 15.2. The van der Waals surface area contributed by atoms with Gasteiger partial charge >= 0.3 is 0 Å². The summed E-state index contributed by atoms with van der Waals surface area (Å²) in [5.74, 6) is 0.554. The van der Waals surface area contributed by atoms with E-state index in [2.05, 4.69) is 65.2 Å². The standard InChI is InChI=1S/C23H21N3/c24-23-25-22(20-14-8-3-9-15-20)21(16-18-10-4-1-5-11-18)26(23)17-19-12-6-2-7-13-19/h1-15H,16-17H2,(H2,24,25). The number of rotatable bonds is 5. The number of hydrogen-bond acceptors (Lipinski definition) is 2. The molecule has 1 heterocycles. The van der Waals surface area contributed by atoms with Gasteiger partial charge in [-0.3, -0.25) is 0 Å². The Labute approximate surface area is 153 Å². The zero-order valence-electron chi connectivity index (χ0n) is 14.5. The van der Waals surface area contributed by atoms with Crippen LogP contribution in [0.25, 0.3) is 11.3 Å². The Hall–Kier alpha value is -3.33. The van der Waals surface area contributed by atoms with Crippen molar-refractivity contribution >= 4 is 5.95 Å². The number of aromatic nitrogens is 2. The second-order valence-corrected chi connectivity index (χ2v) is 6.37. The summed E-state index contributed by atoms with van der Waals surface area (Å²) in [5.41, 5.74) is 12.0. The number of benzene rings is 3. The summed E-state index contributed by atoms with van der Waals surface area (Å²) in [6.07, 6.45) is 0.794. The van der Waals surface area contributed by atoms with Crippen molar-refractivity contribution in [3.63, 3.8) is 0 Å². The Morgan fingerprint density at radius 3 is 1.85 bits per heavy atom. The van der Waals surface area contributed by atoms with Crippen molar-refractivity contribution in [2.45, 2.75) is 13.0 Å². The zero-order chi connectivity index (χ0) is 17.8. The van der Waals surface area contributed by atoms with E-state index in [-0.39, 0.29) is 0 Å². The highest BCUT2D eigenvalue weighted by Gasteiger charge is 2.17. The molecule has 0 aliphatic rings. The van der Waals surface area contributed by atoms with E-state index >= 15 is 0 Å². The predicted molar refractivity (Wildman–Crippen MR) is 107 cm³/mol. The first-order valence-corrected chi connectivity index (χ1v) is 8.79. The van der Waals surface area contributed by atoms with Gasteiger partial charge in [0.2, 0.25) is 5.95 Å². The third kappa shape index (κ3) is 3.38. The molecule has 0 atom stereocenters. The van der Waals surface area contributed by atoms with Crippen LogP contribution in [-0.4, -0.2) is 9.55 Å². The normalized spacial score (nSPS) is 10.8. The second-order valence-electron chi connectivity index (χ2n) is 6.37. The summed E-state index contributed by atoms with van der Waals surface area (Å²) in [6, 6.07) is 31.1. The fourth-order valence-corrected chi connectivity index (χ4v) is 3.24. The molecule has 0 bridgehead atoms. The van der Waals surface area contributed by atoms with Crippen LogP contribution in [0.4, 0.5) is 5.95 Å². The Morgan fingerprint density at radius 1 is 0.692 bits per heavy atom.